The summed E-state index contributed by atoms with van der Waals surface area (Å²) in [5, 5.41) is 11.7. The second-order valence-corrected chi connectivity index (χ2v) is 10.4. The van der Waals surface area contributed by atoms with E-state index in [9.17, 15) is 19.7 Å². The standard InChI is InChI=1S/C24H33FN4O6/c1-24(2,3)35-23(31)27-6-4-16(5-7-27)19(25)15-28-14-17-12-21(29(32)33)20(13-18(17)22(28)30)26-8-10-34-11-9-26/h12-13,16,19H,4-11,14-15H2,1-3H3/t19-/m1/s1. The van der Waals surface area contributed by atoms with Gasteiger partial charge in [-0.1, -0.05) is 0 Å². The molecule has 35 heavy (non-hydrogen) atoms. The Kier molecular flexibility index (Phi) is 7.16. The van der Waals surface area contributed by atoms with Crippen molar-refractivity contribution in [1.82, 2.24) is 9.80 Å². The quantitative estimate of drug-likeness (QED) is 0.458. The number of anilines is 1. The van der Waals surface area contributed by atoms with Gasteiger partial charge in [0.15, 0.2) is 0 Å². The van der Waals surface area contributed by atoms with Gasteiger partial charge in [-0.15, -0.1) is 0 Å². The lowest BCUT2D eigenvalue weighted by Crippen LogP contribution is -2.44. The van der Waals surface area contributed by atoms with Gasteiger partial charge in [0.05, 0.1) is 24.7 Å². The number of piperidine rings is 1. The second kappa shape index (κ2) is 9.96. The van der Waals surface area contributed by atoms with Crippen molar-refractivity contribution in [1.29, 1.82) is 0 Å². The maximum atomic E-state index is 15.3. The molecule has 1 aromatic carbocycles. The number of likely N-dealkylation sites (tertiary alicyclic amines) is 1. The van der Waals surface area contributed by atoms with Crippen molar-refractivity contribution in [3.8, 4) is 0 Å². The number of nitro benzene ring substituents is 1. The SMILES string of the molecule is CC(C)(C)OC(=O)N1CCC([C@H](F)CN2Cc3cc([N+](=O)[O-])c(N4CCOCC4)cc3C2=O)CC1. The molecule has 3 aliphatic rings. The summed E-state index contributed by atoms with van der Waals surface area (Å²) in [6, 6.07) is 3.03. The number of morpholine rings is 1. The van der Waals surface area contributed by atoms with Crippen molar-refractivity contribution >= 4 is 23.4 Å². The number of amides is 2. The first-order valence-electron chi connectivity index (χ1n) is 12.1. The number of nitro groups is 1. The van der Waals surface area contributed by atoms with E-state index in [1.807, 2.05) is 4.90 Å². The predicted octanol–water partition coefficient (Wildman–Crippen LogP) is 3.37. The van der Waals surface area contributed by atoms with Crippen LogP contribution in [0.2, 0.25) is 0 Å². The van der Waals surface area contributed by atoms with Gasteiger partial charge in [-0.25, -0.2) is 9.18 Å². The first kappa shape index (κ1) is 25.2. The number of carbonyl (C=O) groups excluding carboxylic acids is 2. The Morgan fingerprint density at radius 3 is 2.49 bits per heavy atom. The van der Waals surface area contributed by atoms with Gasteiger partial charge < -0.3 is 24.2 Å². The number of rotatable bonds is 5. The van der Waals surface area contributed by atoms with Gasteiger partial charge in [0, 0.05) is 44.4 Å². The molecule has 3 heterocycles. The van der Waals surface area contributed by atoms with E-state index in [1.165, 1.54) is 11.0 Å². The highest BCUT2D eigenvalue weighted by atomic mass is 19.1. The van der Waals surface area contributed by atoms with Crippen molar-refractivity contribution in [3.05, 3.63) is 33.4 Å². The average molecular weight is 493 g/mol. The molecule has 192 valence electrons. The van der Waals surface area contributed by atoms with E-state index in [0.717, 1.165) is 0 Å². The van der Waals surface area contributed by atoms with E-state index < -0.39 is 22.8 Å². The topological polar surface area (TPSA) is 105 Å². The molecule has 0 bridgehead atoms. The zero-order valence-corrected chi connectivity index (χ0v) is 20.5. The fraction of sp³-hybridized carbons (Fsp3) is 0.667. The number of benzene rings is 1. The normalized spacial score (nSPS) is 20.1. The lowest BCUT2D eigenvalue weighted by Gasteiger charge is -2.35. The van der Waals surface area contributed by atoms with Gasteiger partial charge in [0.2, 0.25) is 0 Å². The van der Waals surface area contributed by atoms with Crippen LogP contribution in [-0.4, -0.2) is 84.4 Å². The summed E-state index contributed by atoms with van der Waals surface area (Å²) in [6.45, 7) is 8.23. The number of nitrogens with zero attached hydrogens (tertiary/aromatic N) is 4. The van der Waals surface area contributed by atoms with E-state index in [0.29, 0.717) is 69.0 Å². The van der Waals surface area contributed by atoms with Crippen LogP contribution in [0.4, 0.5) is 20.6 Å². The first-order chi connectivity index (χ1) is 16.5. The van der Waals surface area contributed by atoms with Crippen molar-refractivity contribution in [3.63, 3.8) is 0 Å². The fourth-order valence-electron chi connectivity index (χ4n) is 4.88. The molecule has 3 aliphatic heterocycles. The molecule has 2 amide bonds. The monoisotopic (exact) mass is 492 g/mol. The zero-order valence-electron chi connectivity index (χ0n) is 20.5. The van der Waals surface area contributed by atoms with E-state index >= 15 is 4.39 Å². The predicted molar refractivity (Wildman–Crippen MR) is 126 cm³/mol. The molecular formula is C24H33FN4O6. The average Bonchev–Trinajstić information content (AvgIpc) is 3.12. The smallest absolute Gasteiger partial charge is 0.410 e. The summed E-state index contributed by atoms with van der Waals surface area (Å²) in [7, 11) is 0. The molecule has 4 rings (SSSR count). The number of alkyl halides is 1. The maximum absolute atomic E-state index is 15.3. The molecule has 0 unspecified atom stereocenters. The Bertz CT molecular complexity index is 983. The molecular weight excluding hydrogens is 459 g/mol. The first-order valence-corrected chi connectivity index (χ1v) is 12.1. The molecule has 0 spiro atoms. The van der Waals surface area contributed by atoms with E-state index in [1.54, 1.807) is 31.7 Å². The van der Waals surface area contributed by atoms with Crippen LogP contribution in [-0.2, 0) is 16.0 Å². The van der Waals surface area contributed by atoms with Gasteiger partial charge in [-0.05, 0) is 51.2 Å². The lowest BCUT2D eigenvalue weighted by atomic mass is 9.92. The Balaban J connectivity index is 1.39. The lowest BCUT2D eigenvalue weighted by molar-refractivity contribution is -0.384. The molecule has 1 aromatic rings. The van der Waals surface area contributed by atoms with Gasteiger partial charge in [-0.3, -0.25) is 14.9 Å². The van der Waals surface area contributed by atoms with Gasteiger partial charge >= 0.3 is 6.09 Å². The molecule has 0 aromatic heterocycles. The highest BCUT2D eigenvalue weighted by molar-refractivity contribution is 6.00. The fourth-order valence-corrected chi connectivity index (χ4v) is 4.88. The van der Waals surface area contributed by atoms with Crippen molar-refractivity contribution in [2.45, 2.75) is 51.9 Å². The summed E-state index contributed by atoms with van der Waals surface area (Å²) in [5.41, 5.74) is 0.707. The summed E-state index contributed by atoms with van der Waals surface area (Å²) in [4.78, 5) is 41.5. The van der Waals surface area contributed by atoms with Crippen LogP contribution >= 0.6 is 0 Å². The molecule has 0 radical (unpaired) electrons. The maximum Gasteiger partial charge on any atom is 0.410 e. The summed E-state index contributed by atoms with van der Waals surface area (Å²) in [6.07, 6.45) is -0.665. The highest BCUT2D eigenvalue weighted by Gasteiger charge is 2.37. The van der Waals surface area contributed by atoms with Crippen molar-refractivity contribution in [2.24, 2.45) is 5.92 Å². The third kappa shape index (κ3) is 5.66. The number of ether oxygens (including phenoxy) is 2. The minimum absolute atomic E-state index is 0.0494. The van der Waals surface area contributed by atoms with E-state index in [-0.39, 0.29) is 30.6 Å². The van der Waals surface area contributed by atoms with Crippen LogP contribution in [0.3, 0.4) is 0 Å². The Morgan fingerprint density at radius 2 is 1.89 bits per heavy atom. The van der Waals surface area contributed by atoms with E-state index in [2.05, 4.69) is 0 Å². The Hall–Kier alpha value is -2.95. The van der Waals surface area contributed by atoms with Crippen LogP contribution < -0.4 is 4.90 Å². The Morgan fingerprint density at radius 1 is 1.23 bits per heavy atom. The van der Waals surface area contributed by atoms with Gasteiger partial charge in [0.1, 0.15) is 17.5 Å². The van der Waals surface area contributed by atoms with Crippen LogP contribution in [0.5, 0.6) is 0 Å². The van der Waals surface area contributed by atoms with Gasteiger partial charge in [-0.2, -0.15) is 0 Å². The molecule has 2 fully saturated rings. The molecule has 11 heteroatoms. The van der Waals surface area contributed by atoms with Crippen molar-refractivity contribution < 1.29 is 28.4 Å². The molecule has 0 N–H and O–H groups in total. The van der Waals surface area contributed by atoms with Crippen LogP contribution in [0.15, 0.2) is 12.1 Å². The summed E-state index contributed by atoms with van der Waals surface area (Å²) >= 11 is 0. The second-order valence-electron chi connectivity index (χ2n) is 10.4. The van der Waals surface area contributed by atoms with Crippen LogP contribution in [0.25, 0.3) is 0 Å². The molecule has 10 nitrogen and oxygen atoms in total. The largest absolute Gasteiger partial charge is 0.444 e. The van der Waals surface area contributed by atoms with E-state index in [4.69, 9.17) is 9.47 Å². The number of halogens is 1. The third-order valence-electron chi connectivity index (χ3n) is 6.73. The Labute approximate surface area is 204 Å². The number of hydrogen-bond acceptors (Lipinski definition) is 7. The van der Waals surface area contributed by atoms with Crippen LogP contribution in [0, 0.1) is 16.0 Å². The number of fused-ring (bicyclic) bond motifs is 1. The third-order valence-corrected chi connectivity index (χ3v) is 6.73. The molecule has 0 saturated carbocycles. The zero-order chi connectivity index (χ0) is 25.3. The molecule has 1 atom stereocenters. The summed E-state index contributed by atoms with van der Waals surface area (Å²) in [5.74, 6) is -0.582. The van der Waals surface area contributed by atoms with Crippen molar-refractivity contribution in [2.75, 3.05) is 50.8 Å². The minimum Gasteiger partial charge on any atom is -0.444 e. The molecule has 2 saturated heterocycles. The summed E-state index contributed by atoms with van der Waals surface area (Å²) < 4.78 is 26.0. The van der Waals surface area contributed by atoms with Crippen LogP contribution in [0.1, 0.15) is 49.5 Å². The molecule has 0 aliphatic carbocycles. The number of hydrogen-bond donors (Lipinski definition) is 0. The highest BCUT2D eigenvalue weighted by Crippen LogP contribution is 2.36. The number of carbonyl (C=O) groups is 2. The minimum atomic E-state index is -1.25. The van der Waals surface area contributed by atoms with Gasteiger partial charge in [0.25, 0.3) is 11.6 Å².